The fourth-order valence-corrected chi connectivity index (χ4v) is 3.92. The number of benzene rings is 1. The molecule has 4 N–H and O–H groups in total. The Balaban J connectivity index is 2.30. The molecule has 1 aliphatic rings. The molecule has 2 rings (SSSR count). The molecular formula is C26H35N5O9. The maximum atomic E-state index is 13.0. The Kier molecular flexibility index (Phi) is 12.5. The van der Waals surface area contributed by atoms with Crippen molar-refractivity contribution in [3.05, 3.63) is 35.9 Å². The number of esters is 2. The third-order valence-electron chi connectivity index (χ3n) is 6.07. The number of carbonyl (C=O) groups excluding carboxylic acids is 7. The van der Waals surface area contributed by atoms with Gasteiger partial charge in [0.15, 0.2) is 0 Å². The van der Waals surface area contributed by atoms with Crippen molar-refractivity contribution in [2.45, 2.75) is 50.2 Å². The molecule has 0 aromatic heterocycles. The standard InChI is InChI=1S/C26H35N5O9/c1-31-15-22(34)30-19(26(38)40-3)14-21(33)29-18(13-16-7-5-4-6-8-16)24(36)27-12-11-20(32)28-17(25(37)39-2)9-10-23(31)35/h4-8,17-19H,9-15H2,1-3H3,(H,27,36)(H,28,32)(H,29,33)(H,30,34)/t17-,18+,19-/m1/s1. The molecule has 0 radical (unpaired) electrons. The van der Waals surface area contributed by atoms with Gasteiger partial charge < -0.3 is 35.6 Å². The molecule has 14 heteroatoms. The third-order valence-corrected chi connectivity index (χ3v) is 6.07. The second-order valence-corrected chi connectivity index (χ2v) is 9.13. The number of hydrogen-bond donors (Lipinski definition) is 4. The molecule has 1 saturated heterocycles. The van der Waals surface area contributed by atoms with Gasteiger partial charge in [0.2, 0.25) is 29.5 Å². The van der Waals surface area contributed by atoms with E-state index in [1.807, 2.05) is 0 Å². The Morgan fingerprint density at radius 3 is 2.12 bits per heavy atom. The number of amides is 5. The highest BCUT2D eigenvalue weighted by Gasteiger charge is 2.29. The molecule has 1 aliphatic heterocycles. The highest BCUT2D eigenvalue weighted by atomic mass is 16.5. The Morgan fingerprint density at radius 1 is 0.850 bits per heavy atom. The van der Waals surface area contributed by atoms with E-state index in [1.165, 1.54) is 7.05 Å². The molecule has 0 saturated carbocycles. The summed E-state index contributed by atoms with van der Waals surface area (Å²) >= 11 is 0. The molecular weight excluding hydrogens is 526 g/mol. The van der Waals surface area contributed by atoms with Crippen LogP contribution in [0.4, 0.5) is 0 Å². The van der Waals surface area contributed by atoms with E-state index in [0.717, 1.165) is 24.7 Å². The first kappa shape index (κ1) is 31.7. The molecule has 0 aliphatic carbocycles. The molecule has 14 nitrogen and oxygen atoms in total. The quantitative estimate of drug-likeness (QED) is 0.307. The second-order valence-electron chi connectivity index (χ2n) is 9.13. The minimum absolute atomic E-state index is 0.0993. The molecule has 5 amide bonds. The zero-order chi connectivity index (χ0) is 29.7. The van der Waals surface area contributed by atoms with Crippen LogP contribution >= 0.6 is 0 Å². The van der Waals surface area contributed by atoms with E-state index in [-0.39, 0.29) is 32.2 Å². The highest BCUT2D eigenvalue weighted by Crippen LogP contribution is 2.07. The largest absolute Gasteiger partial charge is 0.467 e. The molecule has 0 bridgehead atoms. The van der Waals surface area contributed by atoms with Gasteiger partial charge in [-0.3, -0.25) is 24.0 Å². The van der Waals surface area contributed by atoms with Crippen molar-refractivity contribution in [3.63, 3.8) is 0 Å². The fraction of sp³-hybridized carbons (Fsp3) is 0.500. The zero-order valence-corrected chi connectivity index (χ0v) is 22.7. The number of ether oxygens (including phenoxy) is 2. The van der Waals surface area contributed by atoms with Gasteiger partial charge in [0.1, 0.15) is 18.1 Å². The van der Waals surface area contributed by atoms with Gasteiger partial charge in [-0.05, 0) is 12.0 Å². The topological polar surface area (TPSA) is 189 Å². The van der Waals surface area contributed by atoms with Crippen molar-refractivity contribution in [2.75, 3.05) is 34.4 Å². The molecule has 0 spiro atoms. The van der Waals surface area contributed by atoms with Gasteiger partial charge in [-0.1, -0.05) is 30.3 Å². The lowest BCUT2D eigenvalue weighted by atomic mass is 10.0. The van der Waals surface area contributed by atoms with Crippen LogP contribution in [0.5, 0.6) is 0 Å². The van der Waals surface area contributed by atoms with Crippen LogP contribution in [-0.2, 0) is 49.5 Å². The molecule has 218 valence electrons. The summed E-state index contributed by atoms with van der Waals surface area (Å²) in [4.78, 5) is 89.0. The summed E-state index contributed by atoms with van der Waals surface area (Å²) in [6.07, 6.45) is -0.917. The van der Waals surface area contributed by atoms with E-state index in [2.05, 4.69) is 21.3 Å². The minimum Gasteiger partial charge on any atom is -0.467 e. The molecule has 1 aromatic rings. The summed E-state index contributed by atoms with van der Waals surface area (Å²) in [6, 6.07) is 5.29. The van der Waals surface area contributed by atoms with Crippen molar-refractivity contribution in [1.29, 1.82) is 0 Å². The lowest BCUT2D eigenvalue weighted by Crippen LogP contribution is -2.52. The van der Waals surface area contributed by atoms with Gasteiger partial charge in [0, 0.05) is 32.9 Å². The SMILES string of the molecule is COC(=O)[C@H]1CCC(=O)N(C)CC(=O)N[C@@H](C(=O)OC)CC(=O)N[C@@H](Cc2ccccc2)C(=O)NCCC(=O)N1. The van der Waals surface area contributed by atoms with Gasteiger partial charge in [-0.15, -0.1) is 0 Å². The average molecular weight is 562 g/mol. The number of methoxy groups -OCH3 is 2. The molecule has 1 fully saturated rings. The first-order valence-electron chi connectivity index (χ1n) is 12.6. The average Bonchev–Trinajstić information content (AvgIpc) is 2.93. The van der Waals surface area contributed by atoms with Gasteiger partial charge in [-0.2, -0.15) is 0 Å². The van der Waals surface area contributed by atoms with Crippen molar-refractivity contribution in [3.8, 4) is 0 Å². The van der Waals surface area contributed by atoms with E-state index in [1.54, 1.807) is 30.3 Å². The third kappa shape index (κ3) is 10.3. The Morgan fingerprint density at radius 2 is 1.48 bits per heavy atom. The molecule has 1 aromatic carbocycles. The predicted molar refractivity (Wildman–Crippen MR) is 139 cm³/mol. The number of nitrogens with one attached hydrogen (secondary N) is 4. The summed E-state index contributed by atoms with van der Waals surface area (Å²) in [6.45, 7) is -0.565. The van der Waals surface area contributed by atoms with E-state index < -0.39 is 72.6 Å². The molecule has 3 atom stereocenters. The summed E-state index contributed by atoms with van der Waals surface area (Å²) in [7, 11) is 3.58. The smallest absolute Gasteiger partial charge is 0.328 e. The summed E-state index contributed by atoms with van der Waals surface area (Å²) < 4.78 is 9.42. The zero-order valence-electron chi connectivity index (χ0n) is 22.7. The van der Waals surface area contributed by atoms with E-state index in [9.17, 15) is 33.6 Å². The maximum Gasteiger partial charge on any atom is 0.328 e. The molecule has 0 unspecified atom stereocenters. The monoisotopic (exact) mass is 561 g/mol. The van der Waals surface area contributed by atoms with Crippen molar-refractivity contribution >= 4 is 41.5 Å². The van der Waals surface area contributed by atoms with E-state index in [4.69, 9.17) is 9.47 Å². The van der Waals surface area contributed by atoms with E-state index in [0.29, 0.717) is 0 Å². The first-order valence-corrected chi connectivity index (χ1v) is 12.6. The Labute approximate surface area is 231 Å². The van der Waals surface area contributed by atoms with Gasteiger partial charge >= 0.3 is 11.9 Å². The molecule has 40 heavy (non-hydrogen) atoms. The normalized spacial score (nSPS) is 22.3. The van der Waals surface area contributed by atoms with Crippen LogP contribution in [-0.4, -0.2) is 98.9 Å². The summed E-state index contributed by atoms with van der Waals surface area (Å²) in [5.41, 5.74) is 0.741. The van der Waals surface area contributed by atoms with Crippen molar-refractivity contribution < 1.29 is 43.0 Å². The second kappa shape index (κ2) is 15.8. The van der Waals surface area contributed by atoms with Crippen molar-refractivity contribution in [1.82, 2.24) is 26.2 Å². The van der Waals surface area contributed by atoms with Gasteiger partial charge in [-0.25, -0.2) is 9.59 Å². The Bertz CT molecular complexity index is 1100. The Hall–Kier alpha value is -4.49. The van der Waals surface area contributed by atoms with Crippen LogP contribution in [0.2, 0.25) is 0 Å². The lowest BCUT2D eigenvalue weighted by Gasteiger charge is -2.22. The van der Waals surface area contributed by atoms with Crippen LogP contribution in [0.15, 0.2) is 30.3 Å². The minimum atomic E-state index is -1.38. The molecule has 1 heterocycles. The van der Waals surface area contributed by atoms with Crippen LogP contribution in [0, 0.1) is 0 Å². The first-order chi connectivity index (χ1) is 19.0. The summed E-state index contributed by atoms with van der Waals surface area (Å²) in [5.74, 6) is -4.78. The van der Waals surface area contributed by atoms with Crippen LogP contribution in [0.3, 0.4) is 0 Å². The van der Waals surface area contributed by atoms with Crippen LogP contribution < -0.4 is 21.3 Å². The van der Waals surface area contributed by atoms with Crippen molar-refractivity contribution in [2.24, 2.45) is 0 Å². The lowest BCUT2D eigenvalue weighted by molar-refractivity contribution is -0.147. The predicted octanol–water partition coefficient (Wildman–Crippen LogP) is -1.82. The highest BCUT2D eigenvalue weighted by molar-refractivity contribution is 5.93. The maximum absolute atomic E-state index is 13.0. The van der Waals surface area contributed by atoms with Gasteiger partial charge in [0.05, 0.1) is 27.2 Å². The van der Waals surface area contributed by atoms with Crippen LogP contribution in [0.1, 0.15) is 31.2 Å². The number of nitrogens with zero attached hydrogens (tertiary/aromatic N) is 1. The van der Waals surface area contributed by atoms with Gasteiger partial charge in [0.25, 0.3) is 0 Å². The summed E-state index contributed by atoms with van der Waals surface area (Å²) in [5, 5.41) is 10.0. The number of carbonyl (C=O) groups is 7. The van der Waals surface area contributed by atoms with E-state index >= 15 is 0 Å². The van der Waals surface area contributed by atoms with Crippen LogP contribution in [0.25, 0.3) is 0 Å². The number of hydrogen-bond acceptors (Lipinski definition) is 9. The number of likely N-dealkylation sites (N-methyl/N-ethyl adjacent to an activating group) is 1. The fourth-order valence-electron chi connectivity index (χ4n) is 3.92. The number of rotatable bonds is 4.